The molecule has 2 N–H and O–H groups in total. The third-order valence-electron chi connectivity index (χ3n) is 3.76. The number of ether oxygens (including phenoxy) is 1. The summed E-state index contributed by atoms with van der Waals surface area (Å²) in [4.78, 5) is 0. The number of benzene rings is 2. The van der Waals surface area contributed by atoms with Gasteiger partial charge >= 0.3 is 5.95 Å². The SMILES string of the molecule is C[n+]1c(N)n(CCCOc2ccc(F)cc2)c2ccccc21.[Br-]. The Labute approximate surface area is 145 Å². The minimum Gasteiger partial charge on any atom is -1.00 e. The molecule has 0 aliphatic rings. The number of aromatic nitrogens is 2. The average Bonchev–Trinajstić information content (AvgIpc) is 2.78. The Morgan fingerprint density at radius 2 is 1.83 bits per heavy atom. The van der Waals surface area contributed by atoms with Crippen molar-refractivity contribution in [2.75, 3.05) is 12.3 Å². The Kier molecular flexibility index (Phi) is 5.60. The summed E-state index contributed by atoms with van der Waals surface area (Å²) >= 11 is 0. The fourth-order valence-electron chi connectivity index (χ4n) is 2.58. The number of para-hydroxylation sites is 2. The number of halogens is 2. The van der Waals surface area contributed by atoms with Crippen molar-refractivity contribution in [3.05, 3.63) is 54.3 Å². The van der Waals surface area contributed by atoms with Crippen LogP contribution in [0.15, 0.2) is 48.5 Å². The molecule has 0 spiro atoms. The second kappa shape index (κ2) is 7.46. The van der Waals surface area contributed by atoms with E-state index in [0.29, 0.717) is 12.4 Å². The first-order valence-corrected chi connectivity index (χ1v) is 7.28. The highest BCUT2D eigenvalue weighted by molar-refractivity contribution is 5.73. The normalized spacial score (nSPS) is 10.5. The second-order valence-corrected chi connectivity index (χ2v) is 5.21. The van der Waals surface area contributed by atoms with Gasteiger partial charge in [-0.2, -0.15) is 0 Å². The molecule has 0 fully saturated rings. The van der Waals surface area contributed by atoms with E-state index in [1.807, 2.05) is 23.7 Å². The van der Waals surface area contributed by atoms with Crippen LogP contribution < -0.4 is 32.0 Å². The topological polar surface area (TPSA) is 44.1 Å². The van der Waals surface area contributed by atoms with Gasteiger partial charge in [-0.15, -0.1) is 0 Å². The largest absolute Gasteiger partial charge is 1.00 e. The standard InChI is InChI=1S/C17H18FN3O.BrH/c1-20-15-5-2-3-6-16(15)21(17(20)19)11-4-12-22-14-9-7-13(18)8-10-14;/h2-3,5-10,19H,4,11-12H2,1H3;1H. The maximum atomic E-state index is 12.8. The maximum Gasteiger partial charge on any atom is 0.355 e. The molecule has 0 bridgehead atoms. The molecular weight excluding hydrogens is 361 g/mol. The van der Waals surface area contributed by atoms with Crippen LogP contribution in [0, 0.1) is 5.82 Å². The monoisotopic (exact) mass is 379 g/mol. The van der Waals surface area contributed by atoms with Gasteiger partial charge in [-0.05, 0) is 36.4 Å². The van der Waals surface area contributed by atoms with Gasteiger partial charge in [-0.25, -0.2) is 13.5 Å². The molecule has 3 aromatic rings. The summed E-state index contributed by atoms with van der Waals surface area (Å²) in [5.74, 6) is 1.15. The molecule has 23 heavy (non-hydrogen) atoms. The van der Waals surface area contributed by atoms with Crippen LogP contribution in [-0.4, -0.2) is 11.2 Å². The van der Waals surface area contributed by atoms with E-state index in [2.05, 4.69) is 16.7 Å². The van der Waals surface area contributed by atoms with E-state index in [9.17, 15) is 4.39 Å². The Hall–Kier alpha value is -2.08. The summed E-state index contributed by atoms with van der Waals surface area (Å²) in [7, 11) is 1.96. The van der Waals surface area contributed by atoms with Gasteiger partial charge < -0.3 is 21.7 Å². The number of anilines is 1. The van der Waals surface area contributed by atoms with Gasteiger partial charge in [-0.3, -0.25) is 5.73 Å². The van der Waals surface area contributed by atoms with E-state index in [0.717, 1.165) is 29.9 Å². The van der Waals surface area contributed by atoms with Gasteiger partial charge in [-0.1, -0.05) is 12.1 Å². The molecule has 6 heteroatoms. The number of nitrogens with two attached hydrogens (primary N) is 1. The minimum absolute atomic E-state index is 0. The summed E-state index contributed by atoms with van der Waals surface area (Å²) in [6, 6.07) is 14.2. The van der Waals surface area contributed by atoms with E-state index in [1.165, 1.54) is 12.1 Å². The molecule has 4 nitrogen and oxygen atoms in total. The van der Waals surface area contributed by atoms with Crippen LogP contribution >= 0.6 is 0 Å². The van der Waals surface area contributed by atoms with E-state index >= 15 is 0 Å². The average molecular weight is 380 g/mol. The molecule has 0 aliphatic heterocycles. The van der Waals surface area contributed by atoms with Crippen LogP contribution in [0.4, 0.5) is 10.3 Å². The van der Waals surface area contributed by atoms with Crippen molar-refractivity contribution < 1.29 is 30.7 Å². The fraction of sp³-hybridized carbons (Fsp3) is 0.235. The number of rotatable bonds is 5. The van der Waals surface area contributed by atoms with Crippen LogP contribution in [0.3, 0.4) is 0 Å². The number of nitrogens with zero attached hydrogens (tertiary/aromatic N) is 2. The molecule has 2 aromatic carbocycles. The van der Waals surface area contributed by atoms with Gasteiger partial charge in [0.1, 0.15) is 22.6 Å². The number of hydrogen-bond donors (Lipinski definition) is 1. The maximum absolute atomic E-state index is 12.8. The van der Waals surface area contributed by atoms with Crippen molar-refractivity contribution in [3.63, 3.8) is 0 Å². The lowest BCUT2D eigenvalue weighted by atomic mass is 10.3. The molecule has 0 amide bonds. The first-order chi connectivity index (χ1) is 10.7. The number of fused-ring (bicyclic) bond motifs is 1. The van der Waals surface area contributed by atoms with Crippen LogP contribution in [0.1, 0.15) is 6.42 Å². The molecule has 122 valence electrons. The smallest absolute Gasteiger partial charge is 0.355 e. The molecule has 3 rings (SSSR count). The van der Waals surface area contributed by atoms with Gasteiger partial charge in [0.15, 0.2) is 0 Å². The Balaban J connectivity index is 0.00000192. The number of hydrogen-bond acceptors (Lipinski definition) is 2. The summed E-state index contributed by atoms with van der Waals surface area (Å²) in [6.07, 6.45) is 0.820. The van der Waals surface area contributed by atoms with E-state index in [4.69, 9.17) is 10.5 Å². The lowest BCUT2D eigenvalue weighted by Crippen LogP contribution is -3.00. The molecule has 0 unspecified atom stereocenters. The third-order valence-corrected chi connectivity index (χ3v) is 3.76. The quantitative estimate of drug-likeness (QED) is 0.486. The minimum atomic E-state index is -0.258. The zero-order chi connectivity index (χ0) is 15.5. The van der Waals surface area contributed by atoms with Crippen molar-refractivity contribution in [2.24, 2.45) is 7.05 Å². The molecule has 0 atom stereocenters. The van der Waals surface area contributed by atoms with Crippen molar-refractivity contribution in [3.8, 4) is 5.75 Å². The van der Waals surface area contributed by atoms with Crippen LogP contribution in [0.5, 0.6) is 5.75 Å². The Morgan fingerprint density at radius 3 is 2.57 bits per heavy atom. The van der Waals surface area contributed by atoms with Gasteiger partial charge in [0, 0.05) is 6.42 Å². The summed E-state index contributed by atoms with van der Waals surface area (Å²) in [5, 5.41) is 0. The van der Waals surface area contributed by atoms with Gasteiger partial charge in [0.25, 0.3) is 0 Å². The zero-order valence-electron chi connectivity index (χ0n) is 12.9. The van der Waals surface area contributed by atoms with Crippen molar-refractivity contribution in [2.45, 2.75) is 13.0 Å². The highest BCUT2D eigenvalue weighted by atomic mass is 79.9. The third kappa shape index (κ3) is 3.64. The number of nitrogen functional groups attached to an aromatic ring is 1. The zero-order valence-corrected chi connectivity index (χ0v) is 14.5. The van der Waals surface area contributed by atoms with E-state index in [-0.39, 0.29) is 22.8 Å². The lowest BCUT2D eigenvalue weighted by molar-refractivity contribution is -0.630. The predicted molar refractivity (Wildman–Crippen MR) is 84.0 cm³/mol. The number of imidazole rings is 1. The molecule has 0 saturated carbocycles. The lowest BCUT2D eigenvalue weighted by Gasteiger charge is -2.06. The Morgan fingerprint density at radius 1 is 1.13 bits per heavy atom. The van der Waals surface area contributed by atoms with Gasteiger partial charge in [0.2, 0.25) is 0 Å². The summed E-state index contributed by atoms with van der Waals surface area (Å²) < 4.78 is 22.5. The van der Waals surface area contributed by atoms with Crippen LogP contribution in [-0.2, 0) is 13.6 Å². The highest BCUT2D eigenvalue weighted by Crippen LogP contribution is 2.16. The molecule has 0 saturated heterocycles. The molecule has 0 radical (unpaired) electrons. The molecular formula is C17H19BrFN3O. The summed E-state index contributed by atoms with van der Waals surface area (Å²) in [6.45, 7) is 1.33. The molecule has 1 heterocycles. The fourth-order valence-corrected chi connectivity index (χ4v) is 2.58. The first-order valence-electron chi connectivity index (χ1n) is 7.28. The molecule has 0 aliphatic carbocycles. The van der Waals surface area contributed by atoms with E-state index < -0.39 is 0 Å². The van der Waals surface area contributed by atoms with Crippen LogP contribution in [0.25, 0.3) is 11.0 Å². The van der Waals surface area contributed by atoms with Crippen molar-refractivity contribution >= 4 is 17.0 Å². The van der Waals surface area contributed by atoms with Crippen LogP contribution in [0.2, 0.25) is 0 Å². The van der Waals surface area contributed by atoms with E-state index in [1.54, 1.807) is 12.1 Å². The Bertz CT molecular complexity index is 786. The van der Waals surface area contributed by atoms with Crippen molar-refractivity contribution in [1.82, 2.24) is 4.57 Å². The predicted octanol–water partition coefficient (Wildman–Crippen LogP) is -0.340. The van der Waals surface area contributed by atoms with Crippen molar-refractivity contribution in [1.29, 1.82) is 0 Å². The highest BCUT2D eigenvalue weighted by Gasteiger charge is 2.17. The molecule has 1 aromatic heterocycles. The second-order valence-electron chi connectivity index (χ2n) is 5.21. The first kappa shape index (κ1) is 17.3. The van der Waals surface area contributed by atoms with Gasteiger partial charge in [0.05, 0.1) is 20.2 Å². The summed E-state index contributed by atoms with van der Waals surface area (Å²) in [5.41, 5.74) is 8.39. The number of aryl methyl sites for hydroxylation is 2.